The molecule has 1 aliphatic carbocycles. The maximum Gasteiger partial charge on any atom is 0.116 e. The minimum Gasteiger partial charge on any atom is -0.494 e. The molecule has 2 nitrogen and oxygen atoms in total. The van der Waals surface area contributed by atoms with Gasteiger partial charge in [0.2, 0.25) is 0 Å². The van der Waals surface area contributed by atoms with Crippen molar-refractivity contribution in [1.29, 1.82) is 5.26 Å². The van der Waals surface area contributed by atoms with E-state index in [0.29, 0.717) is 13.0 Å². The Morgan fingerprint density at radius 2 is 1.58 bits per heavy atom. The monoisotopic (exact) mass is 475 g/mol. The molecule has 2 heteroatoms. The first-order valence-corrected chi connectivity index (χ1v) is 13.4. The van der Waals surface area contributed by atoms with Crippen molar-refractivity contribution in [2.75, 3.05) is 6.61 Å². The van der Waals surface area contributed by atoms with Gasteiger partial charge in [0.15, 0.2) is 0 Å². The van der Waals surface area contributed by atoms with Gasteiger partial charge in [0.25, 0.3) is 0 Å². The van der Waals surface area contributed by atoms with Crippen molar-refractivity contribution in [3.8, 4) is 28.3 Å². The van der Waals surface area contributed by atoms with Crippen LogP contribution in [0.5, 0.6) is 0 Å². The summed E-state index contributed by atoms with van der Waals surface area (Å²) in [7, 11) is 0. The molecule has 184 valence electrons. The van der Waals surface area contributed by atoms with E-state index in [4.69, 9.17) is 4.74 Å². The number of nitrogens with zero attached hydrogens (tertiary/aromatic N) is 1. The highest BCUT2D eigenvalue weighted by atomic mass is 16.5. The van der Waals surface area contributed by atoms with Crippen LogP contribution in [0.25, 0.3) is 22.3 Å². The van der Waals surface area contributed by atoms with Crippen LogP contribution in [-0.4, -0.2) is 6.61 Å². The first-order valence-electron chi connectivity index (χ1n) is 13.4. The molecule has 3 aromatic rings. The second-order valence-electron chi connectivity index (χ2n) is 9.72. The van der Waals surface area contributed by atoms with Gasteiger partial charge < -0.3 is 4.74 Å². The summed E-state index contributed by atoms with van der Waals surface area (Å²) in [4.78, 5) is 0. The number of hydrogen-bond donors (Lipinski definition) is 0. The third kappa shape index (κ3) is 5.97. The van der Waals surface area contributed by atoms with E-state index in [0.717, 1.165) is 47.3 Å². The predicted molar refractivity (Wildman–Crippen MR) is 151 cm³/mol. The quantitative estimate of drug-likeness (QED) is 0.259. The molecule has 0 aliphatic heterocycles. The van der Waals surface area contributed by atoms with Crippen LogP contribution in [0.4, 0.5) is 0 Å². The summed E-state index contributed by atoms with van der Waals surface area (Å²) in [6.07, 6.45) is 13.7. The summed E-state index contributed by atoms with van der Waals surface area (Å²) >= 11 is 0. The highest BCUT2D eigenvalue weighted by Gasteiger charge is 2.34. The minimum absolute atomic E-state index is 0.629. The Bertz CT molecular complexity index is 1230. The zero-order valence-corrected chi connectivity index (χ0v) is 21.7. The Balaban J connectivity index is 1.75. The van der Waals surface area contributed by atoms with E-state index >= 15 is 0 Å². The lowest BCUT2D eigenvalue weighted by atomic mass is 9.72. The lowest BCUT2D eigenvalue weighted by molar-refractivity contribution is 0.215. The van der Waals surface area contributed by atoms with E-state index in [1.807, 2.05) is 18.2 Å². The summed E-state index contributed by atoms with van der Waals surface area (Å²) in [5.74, 6) is 0.789. The van der Waals surface area contributed by atoms with Crippen LogP contribution in [0.3, 0.4) is 0 Å². The van der Waals surface area contributed by atoms with Crippen molar-refractivity contribution >= 4 is 0 Å². The van der Waals surface area contributed by atoms with Gasteiger partial charge in [-0.3, -0.25) is 0 Å². The van der Waals surface area contributed by atoms with Crippen LogP contribution in [0.1, 0.15) is 63.5 Å². The molecule has 0 saturated heterocycles. The number of ether oxygens (including phenoxy) is 1. The molecule has 0 N–H and O–H groups in total. The van der Waals surface area contributed by atoms with E-state index in [1.165, 1.54) is 30.4 Å². The van der Waals surface area contributed by atoms with Gasteiger partial charge in [0.05, 0.1) is 12.7 Å². The number of benzene rings is 3. The van der Waals surface area contributed by atoms with Crippen molar-refractivity contribution in [1.82, 2.24) is 0 Å². The number of unbranched alkanes of at least 4 members (excludes halogenated alkanes) is 3. The minimum atomic E-state index is -0.780. The van der Waals surface area contributed by atoms with Crippen molar-refractivity contribution in [2.24, 2.45) is 0 Å². The summed E-state index contributed by atoms with van der Waals surface area (Å²) in [6.45, 7) is 5.07. The van der Waals surface area contributed by atoms with Gasteiger partial charge in [-0.25, -0.2) is 0 Å². The van der Waals surface area contributed by atoms with Crippen LogP contribution in [-0.2, 0) is 16.6 Å². The maximum absolute atomic E-state index is 10.6. The van der Waals surface area contributed by atoms with Gasteiger partial charge >= 0.3 is 0 Å². The summed E-state index contributed by atoms with van der Waals surface area (Å²) < 4.78 is 6.04. The Kier molecular flexibility index (Phi) is 8.80. The molecule has 0 spiro atoms. The fourth-order valence-corrected chi connectivity index (χ4v) is 4.87. The first kappa shape index (κ1) is 25.5. The number of rotatable bonds is 11. The fourth-order valence-electron chi connectivity index (χ4n) is 4.87. The van der Waals surface area contributed by atoms with Gasteiger partial charge in [-0.15, -0.1) is 0 Å². The van der Waals surface area contributed by atoms with Crippen molar-refractivity contribution < 1.29 is 4.74 Å². The van der Waals surface area contributed by atoms with Crippen LogP contribution < -0.4 is 0 Å². The van der Waals surface area contributed by atoms with Crippen molar-refractivity contribution in [3.05, 3.63) is 108 Å². The Hall–Kier alpha value is -3.57. The molecular weight excluding hydrogens is 438 g/mol. The van der Waals surface area contributed by atoms with Gasteiger partial charge in [-0.05, 0) is 77.3 Å². The molecule has 0 bridgehead atoms. The molecule has 0 heterocycles. The maximum atomic E-state index is 10.6. The second-order valence-corrected chi connectivity index (χ2v) is 9.72. The number of aryl methyl sites for hydroxylation is 1. The SMILES string of the molecule is CCCCCc1ccc(-c2ccc(-c3ccccc3)c(C3(C#N)C=C(OCCCC)C=CC3)c2)cc1. The van der Waals surface area contributed by atoms with Gasteiger partial charge in [0.1, 0.15) is 11.2 Å². The predicted octanol–water partition coefficient (Wildman–Crippen LogP) is 9.18. The molecule has 1 unspecified atom stereocenters. The molecular formula is C34H37NO. The Morgan fingerprint density at radius 1 is 0.833 bits per heavy atom. The summed E-state index contributed by atoms with van der Waals surface area (Å²) in [5.41, 5.74) is 6.16. The fraction of sp³-hybridized carbons (Fsp3) is 0.324. The highest BCUT2D eigenvalue weighted by molar-refractivity contribution is 5.76. The lowest BCUT2D eigenvalue weighted by Gasteiger charge is -2.29. The largest absolute Gasteiger partial charge is 0.494 e. The number of allylic oxidation sites excluding steroid dienone is 3. The van der Waals surface area contributed by atoms with Gasteiger partial charge in [0, 0.05) is 0 Å². The second kappa shape index (κ2) is 12.4. The number of nitriles is 1. The average molecular weight is 476 g/mol. The Morgan fingerprint density at radius 3 is 2.31 bits per heavy atom. The molecule has 36 heavy (non-hydrogen) atoms. The summed E-state index contributed by atoms with van der Waals surface area (Å²) in [6, 6.07) is 28.6. The van der Waals surface area contributed by atoms with Crippen LogP contribution in [0, 0.1) is 11.3 Å². The molecule has 0 aromatic heterocycles. The van der Waals surface area contributed by atoms with Crippen LogP contribution in [0.2, 0.25) is 0 Å². The molecule has 0 fully saturated rings. The molecule has 1 atom stereocenters. The molecule has 3 aromatic carbocycles. The van der Waals surface area contributed by atoms with Gasteiger partial charge in [-0.1, -0.05) is 106 Å². The smallest absolute Gasteiger partial charge is 0.116 e. The van der Waals surface area contributed by atoms with E-state index in [-0.39, 0.29) is 0 Å². The number of hydrogen-bond acceptors (Lipinski definition) is 2. The van der Waals surface area contributed by atoms with Gasteiger partial charge in [-0.2, -0.15) is 5.26 Å². The first-order chi connectivity index (χ1) is 17.7. The zero-order valence-electron chi connectivity index (χ0n) is 21.7. The van der Waals surface area contributed by atoms with Crippen molar-refractivity contribution in [2.45, 2.75) is 64.2 Å². The third-order valence-electron chi connectivity index (χ3n) is 7.02. The lowest BCUT2D eigenvalue weighted by Crippen LogP contribution is -2.24. The average Bonchev–Trinajstić information content (AvgIpc) is 2.94. The molecule has 0 amide bonds. The van der Waals surface area contributed by atoms with E-state index < -0.39 is 5.41 Å². The topological polar surface area (TPSA) is 33.0 Å². The Labute approximate surface area is 217 Å². The zero-order chi connectivity index (χ0) is 25.2. The third-order valence-corrected chi connectivity index (χ3v) is 7.02. The molecule has 0 saturated carbocycles. The van der Waals surface area contributed by atoms with Crippen LogP contribution >= 0.6 is 0 Å². The molecule has 4 rings (SSSR count). The van der Waals surface area contributed by atoms with Crippen LogP contribution in [0.15, 0.2) is 96.8 Å². The van der Waals surface area contributed by atoms with E-state index in [1.54, 1.807) is 0 Å². The molecule has 1 aliphatic rings. The van der Waals surface area contributed by atoms with Crippen molar-refractivity contribution in [3.63, 3.8) is 0 Å². The molecule has 0 radical (unpaired) electrons. The van der Waals surface area contributed by atoms with E-state index in [2.05, 4.69) is 92.7 Å². The van der Waals surface area contributed by atoms with E-state index in [9.17, 15) is 5.26 Å². The standard InChI is InChI=1S/C34H37NO/c1-3-5-8-12-27-16-18-28(19-17-27)30-20-21-32(29-13-9-7-10-14-29)33(24-30)34(26-35)22-11-15-31(25-34)36-23-6-4-2/h7,9-11,13-21,24-25H,3-6,8,12,22-23H2,1-2H3. The summed E-state index contributed by atoms with van der Waals surface area (Å²) in [5, 5.41) is 10.6. The normalized spacial score (nSPS) is 16.9. The highest BCUT2D eigenvalue weighted by Crippen LogP contribution is 2.42.